The molecule has 0 N–H and O–H groups in total. The molecule has 1 aliphatic rings. The third-order valence-corrected chi connectivity index (χ3v) is 3.05. The van der Waals surface area contributed by atoms with Gasteiger partial charge in [-0.3, -0.25) is 9.59 Å². The van der Waals surface area contributed by atoms with Gasteiger partial charge in [-0.2, -0.15) is 0 Å². The Balaban J connectivity index is 0.000000203. The molecule has 0 amide bonds. The summed E-state index contributed by atoms with van der Waals surface area (Å²) >= 11 is 0. The molecule has 0 aliphatic heterocycles. The molecule has 0 atom stereocenters. The lowest BCUT2D eigenvalue weighted by Gasteiger charge is -2.03. The zero-order valence-electron chi connectivity index (χ0n) is 12.7. The summed E-state index contributed by atoms with van der Waals surface area (Å²) in [7, 11) is 0. The highest BCUT2D eigenvalue weighted by atomic mass is 16.5. The fourth-order valence-electron chi connectivity index (χ4n) is 1.87. The van der Waals surface area contributed by atoms with Crippen LogP contribution in [-0.4, -0.2) is 11.6 Å². The Kier molecular flexibility index (Phi) is 6.69. The summed E-state index contributed by atoms with van der Waals surface area (Å²) < 4.78 is 5.61. The predicted octanol–water partition coefficient (Wildman–Crippen LogP) is 3.65. The number of rotatable bonds is 4. The van der Waals surface area contributed by atoms with E-state index in [1.807, 2.05) is 36.4 Å². The van der Waals surface area contributed by atoms with Crippen LogP contribution in [0.5, 0.6) is 0 Å². The van der Waals surface area contributed by atoms with Gasteiger partial charge in [-0.05, 0) is 35.4 Å². The zero-order chi connectivity index (χ0) is 16.3. The minimum Gasteiger partial charge on any atom is -0.372 e. The number of allylic oxidation sites excluding steroid dienone is 4. The van der Waals surface area contributed by atoms with Crippen molar-refractivity contribution in [1.82, 2.24) is 0 Å². The number of hydrogen-bond acceptors (Lipinski definition) is 3. The SMILES string of the molecule is O=C1C=CC(=O)C=C1.c1ccc(COCc2ccccc2)cc1. The van der Waals surface area contributed by atoms with Crippen LogP contribution in [0.1, 0.15) is 11.1 Å². The Hall–Kier alpha value is -2.78. The van der Waals surface area contributed by atoms with Crippen LogP contribution in [0.15, 0.2) is 85.0 Å². The predicted molar refractivity (Wildman–Crippen MR) is 89.7 cm³/mol. The maximum Gasteiger partial charge on any atom is 0.178 e. The van der Waals surface area contributed by atoms with E-state index in [-0.39, 0.29) is 11.6 Å². The second-order valence-electron chi connectivity index (χ2n) is 4.94. The van der Waals surface area contributed by atoms with Gasteiger partial charge in [-0.25, -0.2) is 0 Å². The van der Waals surface area contributed by atoms with E-state index in [2.05, 4.69) is 24.3 Å². The van der Waals surface area contributed by atoms with Crippen molar-refractivity contribution in [2.45, 2.75) is 13.2 Å². The molecule has 2 aromatic rings. The van der Waals surface area contributed by atoms with Gasteiger partial charge < -0.3 is 4.74 Å². The summed E-state index contributed by atoms with van der Waals surface area (Å²) in [6.07, 6.45) is 5.01. The highest BCUT2D eigenvalue weighted by Crippen LogP contribution is 2.05. The van der Waals surface area contributed by atoms with Crippen LogP contribution in [0.4, 0.5) is 0 Å². The van der Waals surface area contributed by atoms with Crippen LogP contribution >= 0.6 is 0 Å². The van der Waals surface area contributed by atoms with E-state index in [1.165, 1.54) is 35.4 Å². The summed E-state index contributed by atoms with van der Waals surface area (Å²) in [5.41, 5.74) is 2.43. The number of benzene rings is 2. The molecule has 3 rings (SSSR count). The number of hydrogen-bond donors (Lipinski definition) is 0. The molecule has 0 saturated heterocycles. The van der Waals surface area contributed by atoms with Gasteiger partial charge in [-0.15, -0.1) is 0 Å². The number of ketones is 2. The van der Waals surface area contributed by atoms with E-state index < -0.39 is 0 Å². The Bertz CT molecular complexity index is 608. The van der Waals surface area contributed by atoms with Crippen LogP contribution in [-0.2, 0) is 27.5 Å². The molecule has 23 heavy (non-hydrogen) atoms. The Morgan fingerprint density at radius 1 is 0.565 bits per heavy atom. The monoisotopic (exact) mass is 306 g/mol. The number of ether oxygens (including phenoxy) is 1. The number of carbonyl (C=O) groups is 2. The molecule has 0 saturated carbocycles. The van der Waals surface area contributed by atoms with Crippen molar-refractivity contribution >= 4 is 11.6 Å². The Morgan fingerprint density at radius 2 is 0.913 bits per heavy atom. The lowest BCUT2D eigenvalue weighted by Crippen LogP contribution is -1.97. The Morgan fingerprint density at radius 3 is 1.26 bits per heavy atom. The van der Waals surface area contributed by atoms with E-state index in [1.54, 1.807) is 0 Å². The summed E-state index contributed by atoms with van der Waals surface area (Å²) in [5, 5.41) is 0. The molecule has 0 heterocycles. The molecule has 0 spiro atoms. The van der Waals surface area contributed by atoms with Gasteiger partial charge in [-0.1, -0.05) is 60.7 Å². The average Bonchev–Trinajstić information content (AvgIpc) is 2.60. The van der Waals surface area contributed by atoms with E-state index >= 15 is 0 Å². The first-order valence-corrected chi connectivity index (χ1v) is 7.34. The van der Waals surface area contributed by atoms with Crippen molar-refractivity contribution < 1.29 is 14.3 Å². The highest BCUT2D eigenvalue weighted by Gasteiger charge is 1.98. The minimum atomic E-state index is -0.121. The lowest BCUT2D eigenvalue weighted by atomic mass is 10.2. The molecule has 1 aliphatic carbocycles. The summed E-state index contributed by atoms with van der Waals surface area (Å²) in [6, 6.07) is 20.4. The maximum atomic E-state index is 10.3. The summed E-state index contributed by atoms with van der Waals surface area (Å²) in [6.45, 7) is 1.35. The smallest absolute Gasteiger partial charge is 0.178 e. The maximum absolute atomic E-state index is 10.3. The second kappa shape index (κ2) is 9.28. The van der Waals surface area contributed by atoms with E-state index in [4.69, 9.17) is 4.74 Å². The van der Waals surface area contributed by atoms with Gasteiger partial charge in [0.05, 0.1) is 13.2 Å². The third-order valence-electron chi connectivity index (χ3n) is 3.05. The molecule has 116 valence electrons. The summed E-state index contributed by atoms with van der Waals surface area (Å²) in [4.78, 5) is 20.6. The van der Waals surface area contributed by atoms with Crippen LogP contribution in [0.25, 0.3) is 0 Å². The molecular formula is C20H18O3. The molecule has 0 bridgehead atoms. The zero-order valence-corrected chi connectivity index (χ0v) is 12.7. The van der Waals surface area contributed by atoms with Gasteiger partial charge in [0.2, 0.25) is 0 Å². The molecule has 0 aromatic heterocycles. The van der Waals surface area contributed by atoms with Crippen molar-refractivity contribution in [2.24, 2.45) is 0 Å². The van der Waals surface area contributed by atoms with Gasteiger partial charge in [0.15, 0.2) is 11.6 Å². The van der Waals surface area contributed by atoms with Crippen molar-refractivity contribution in [3.63, 3.8) is 0 Å². The largest absolute Gasteiger partial charge is 0.372 e. The van der Waals surface area contributed by atoms with Gasteiger partial charge in [0.1, 0.15) is 0 Å². The van der Waals surface area contributed by atoms with E-state index in [9.17, 15) is 9.59 Å². The van der Waals surface area contributed by atoms with Crippen LogP contribution in [0, 0.1) is 0 Å². The molecule has 0 unspecified atom stereocenters. The molecule has 2 aromatic carbocycles. The van der Waals surface area contributed by atoms with Crippen molar-refractivity contribution in [3.05, 3.63) is 96.1 Å². The van der Waals surface area contributed by atoms with Crippen molar-refractivity contribution in [1.29, 1.82) is 0 Å². The first-order chi connectivity index (χ1) is 11.2. The fourth-order valence-corrected chi connectivity index (χ4v) is 1.87. The first-order valence-electron chi connectivity index (χ1n) is 7.34. The van der Waals surface area contributed by atoms with Crippen molar-refractivity contribution in [3.8, 4) is 0 Å². The first kappa shape index (κ1) is 16.6. The lowest BCUT2D eigenvalue weighted by molar-refractivity contribution is -0.113. The van der Waals surface area contributed by atoms with Crippen LogP contribution in [0.2, 0.25) is 0 Å². The van der Waals surface area contributed by atoms with Crippen LogP contribution in [0.3, 0.4) is 0 Å². The van der Waals surface area contributed by atoms with Gasteiger partial charge >= 0.3 is 0 Å². The van der Waals surface area contributed by atoms with E-state index in [0.29, 0.717) is 13.2 Å². The second-order valence-corrected chi connectivity index (χ2v) is 4.94. The number of carbonyl (C=O) groups excluding carboxylic acids is 2. The van der Waals surface area contributed by atoms with Gasteiger partial charge in [0, 0.05) is 0 Å². The molecule has 3 nitrogen and oxygen atoms in total. The van der Waals surface area contributed by atoms with Crippen LogP contribution < -0.4 is 0 Å². The van der Waals surface area contributed by atoms with Crippen molar-refractivity contribution in [2.75, 3.05) is 0 Å². The highest BCUT2D eigenvalue weighted by molar-refractivity contribution is 6.14. The quantitative estimate of drug-likeness (QED) is 0.810. The van der Waals surface area contributed by atoms with E-state index in [0.717, 1.165) is 0 Å². The average molecular weight is 306 g/mol. The topological polar surface area (TPSA) is 43.4 Å². The fraction of sp³-hybridized carbons (Fsp3) is 0.100. The van der Waals surface area contributed by atoms with Gasteiger partial charge in [0.25, 0.3) is 0 Å². The molecule has 3 heteroatoms. The molecular weight excluding hydrogens is 288 g/mol. The normalized spacial score (nSPS) is 12.7. The molecule has 0 radical (unpaired) electrons. The summed E-state index contributed by atoms with van der Waals surface area (Å²) in [5.74, 6) is -0.241. The Labute approximate surface area is 135 Å². The standard InChI is InChI=1S/C14H14O.C6H4O2/c1-3-7-13(8-4-1)11-15-12-14-9-5-2-6-10-14;7-5-1-2-6(8)4-3-5/h1-10H,11-12H2;1-4H. The molecule has 0 fully saturated rings. The third kappa shape index (κ3) is 6.68. The minimum absolute atomic E-state index is 0.121.